The van der Waals surface area contributed by atoms with E-state index >= 15 is 0 Å². The first-order valence-corrected chi connectivity index (χ1v) is 7.08. The second-order valence-corrected chi connectivity index (χ2v) is 5.63. The lowest BCUT2D eigenvalue weighted by atomic mass is 10.00. The van der Waals surface area contributed by atoms with E-state index in [1.54, 1.807) is 0 Å². The van der Waals surface area contributed by atoms with Crippen LogP contribution in [-0.2, 0) is 11.2 Å². The summed E-state index contributed by atoms with van der Waals surface area (Å²) >= 11 is 1.52. The summed E-state index contributed by atoms with van der Waals surface area (Å²) in [6.45, 7) is 4.09. The lowest BCUT2D eigenvalue weighted by molar-refractivity contribution is 0.0558. The molecule has 0 bridgehead atoms. The average Bonchev–Trinajstić information content (AvgIpc) is 2.74. The molecule has 5 heteroatoms. The molecule has 0 atom stereocenters. The number of rotatable bonds is 5. The second-order valence-electron chi connectivity index (χ2n) is 4.75. The number of thiazole rings is 1. The van der Waals surface area contributed by atoms with Gasteiger partial charge < -0.3 is 15.4 Å². The molecule has 0 aromatic carbocycles. The molecule has 0 unspecified atom stereocenters. The number of ether oxygens (including phenoxy) is 1. The monoisotopic (exact) mass is 255 g/mol. The summed E-state index contributed by atoms with van der Waals surface area (Å²) in [5, 5.41) is 2.73. The average molecular weight is 255 g/mol. The van der Waals surface area contributed by atoms with Gasteiger partial charge >= 0.3 is 0 Å². The van der Waals surface area contributed by atoms with Gasteiger partial charge in [-0.2, -0.15) is 0 Å². The van der Waals surface area contributed by atoms with Crippen LogP contribution in [-0.4, -0.2) is 43.2 Å². The third kappa shape index (κ3) is 4.26. The van der Waals surface area contributed by atoms with Gasteiger partial charge in [-0.05, 0) is 25.8 Å². The first-order valence-electron chi connectivity index (χ1n) is 6.20. The fourth-order valence-electron chi connectivity index (χ4n) is 2.20. The van der Waals surface area contributed by atoms with Crippen molar-refractivity contribution in [2.45, 2.75) is 19.3 Å². The van der Waals surface area contributed by atoms with Crippen molar-refractivity contribution in [3.8, 4) is 0 Å². The highest BCUT2D eigenvalue weighted by Gasteiger charge is 2.15. The molecule has 0 spiro atoms. The van der Waals surface area contributed by atoms with Crippen LogP contribution in [0.5, 0.6) is 0 Å². The van der Waals surface area contributed by atoms with E-state index in [4.69, 9.17) is 10.5 Å². The van der Waals surface area contributed by atoms with Crippen molar-refractivity contribution < 1.29 is 4.74 Å². The predicted molar refractivity (Wildman–Crippen MR) is 71.3 cm³/mol. The highest BCUT2D eigenvalue weighted by Crippen LogP contribution is 2.16. The summed E-state index contributed by atoms with van der Waals surface area (Å²) in [7, 11) is 2.19. The van der Waals surface area contributed by atoms with E-state index in [2.05, 4.69) is 22.3 Å². The summed E-state index contributed by atoms with van der Waals surface area (Å²) in [5.41, 5.74) is 6.73. The molecule has 1 fully saturated rings. The van der Waals surface area contributed by atoms with E-state index < -0.39 is 0 Å². The Morgan fingerprint density at radius 2 is 2.29 bits per heavy atom. The molecule has 4 nitrogen and oxygen atoms in total. The smallest absolute Gasteiger partial charge is 0.180 e. The summed E-state index contributed by atoms with van der Waals surface area (Å²) in [6.07, 6.45) is 3.40. The van der Waals surface area contributed by atoms with Gasteiger partial charge in [-0.15, -0.1) is 11.3 Å². The van der Waals surface area contributed by atoms with Crippen LogP contribution < -0.4 is 5.73 Å². The van der Waals surface area contributed by atoms with Gasteiger partial charge in [0.1, 0.15) is 0 Å². The molecule has 1 aromatic rings. The first-order chi connectivity index (χ1) is 8.24. The molecule has 0 aliphatic carbocycles. The van der Waals surface area contributed by atoms with E-state index in [9.17, 15) is 0 Å². The zero-order chi connectivity index (χ0) is 12.1. The maximum Gasteiger partial charge on any atom is 0.180 e. The molecule has 96 valence electrons. The number of aromatic nitrogens is 1. The molecule has 1 aliphatic heterocycles. The molecular formula is C12H21N3OS. The zero-order valence-electron chi connectivity index (χ0n) is 10.4. The van der Waals surface area contributed by atoms with Gasteiger partial charge in [-0.25, -0.2) is 4.98 Å². The molecule has 1 aliphatic rings. The molecule has 0 saturated carbocycles. The molecule has 2 N–H and O–H groups in total. The summed E-state index contributed by atoms with van der Waals surface area (Å²) < 4.78 is 5.37. The minimum absolute atomic E-state index is 0.673. The van der Waals surface area contributed by atoms with Crippen LogP contribution >= 0.6 is 11.3 Å². The Morgan fingerprint density at radius 1 is 1.53 bits per heavy atom. The van der Waals surface area contributed by atoms with Crippen molar-refractivity contribution in [3.63, 3.8) is 0 Å². The highest BCUT2D eigenvalue weighted by molar-refractivity contribution is 7.13. The number of nitrogens with zero attached hydrogens (tertiary/aromatic N) is 2. The number of hydrogen-bond acceptors (Lipinski definition) is 5. The van der Waals surface area contributed by atoms with E-state index in [0.29, 0.717) is 5.13 Å². The predicted octanol–water partition coefficient (Wildman–Crippen LogP) is 1.63. The number of anilines is 1. The summed E-state index contributed by atoms with van der Waals surface area (Å²) in [5.74, 6) is 0.800. The van der Waals surface area contributed by atoms with Gasteiger partial charge in [0.2, 0.25) is 0 Å². The van der Waals surface area contributed by atoms with Crippen LogP contribution in [0.1, 0.15) is 18.5 Å². The Morgan fingerprint density at radius 3 is 2.94 bits per heavy atom. The van der Waals surface area contributed by atoms with Crippen molar-refractivity contribution in [3.05, 3.63) is 11.1 Å². The van der Waals surface area contributed by atoms with Crippen molar-refractivity contribution >= 4 is 16.5 Å². The third-order valence-electron chi connectivity index (χ3n) is 3.23. The summed E-state index contributed by atoms with van der Waals surface area (Å²) in [4.78, 5) is 6.67. The van der Waals surface area contributed by atoms with E-state index in [-0.39, 0.29) is 0 Å². The second kappa shape index (κ2) is 6.33. The lowest BCUT2D eigenvalue weighted by Gasteiger charge is -2.26. The topological polar surface area (TPSA) is 51.4 Å². The van der Waals surface area contributed by atoms with E-state index in [1.165, 1.54) is 30.7 Å². The van der Waals surface area contributed by atoms with E-state index in [1.807, 2.05) is 0 Å². The lowest BCUT2D eigenvalue weighted by Crippen LogP contribution is -2.31. The van der Waals surface area contributed by atoms with Crippen molar-refractivity contribution in [1.29, 1.82) is 0 Å². The Balaban J connectivity index is 1.68. The van der Waals surface area contributed by atoms with Crippen LogP contribution in [0.4, 0.5) is 5.13 Å². The van der Waals surface area contributed by atoms with Gasteiger partial charge in [-0.3, -0.25) is 0 Å². The third-order valence-corrected chi connectivity index (χ3v) is 3.95. The largest absolute Gasteiger partial charge is 0.381 e. The Hall–Kier alpha value is -0.650. The van der Waals surface area contributed by atoms with Crippen molar-refractivity contribution in [2.75, 3.05) is 39.1 Å². The van der Waals surface area contributed by atoms with Gasteiger partial charge in [0, 0.05) is 38.1 Å². The number of nitrogens with two attached hydrogens (primary N) is 1. The van der Waals surface area contributed by atoms with Crippen molar-refractivity contribution in [2.24, 2.45) is 5.92 Å². The van der Waals surface area contributed by atoms with Gasteiger partial charge in [-0.1, -0.05) is 0 Å². The number of likely N-dealkylation sites (N-methyl/N-ethyl adjacent to an activating group) is 1. The minimum Gasteiger partial charge on any atom is -0.381 e. The minimum atomic E-state index is 0.673. The molecule has 17 heavy (non-hydrogen) atoms. The fraction of sp³-hybridized carbons (Fsp3) is 0.750. The Kier molecular flexibility index (Phi) is 4.76. The van der Waals surface area contributed by atoms with Crippen LogP contribution in [0.3, 0.4) is 0 Å². The molecular weight excluding hydrogens is 234 g/mol. The number of nitrogen functional groups attached to an aromatic ring is 1. The normalized spacial score (nSPS) is 17.8. The van der Waals surface area contributed by atoms with E-state index in [0.717, 1.165) is 37.8 Å². The quantitative estimate of drug-likeness (QED) is 0.869. The molecule has 0 amide bonds. The van der Waals surface area contributed by atoms with Gasteiger partial charge in [0.25, 0.3) is 0 Å². The molecule has 1 aromatic heterocycles. The SMILES string of the molecule is CN(CCc1csc(N)n1)CC1CCOCC1. The number of hydrogen-bond donors (Lipinski definition) is 1. The van der Waals surface area contributed by atoms with Crippen LogP contribution in [0.25, 0.3) is 0 Å². The van der Waals surface area contributed by atoms with Crippen LogP contribution in [0.2, 0.25) is 0 Å². The Labute approximate surface area is 107 Å². The van der Waals surface area contributed by atoms with Gasteiger partial charge in [0.15, 0.2) is 5.13 Å². The standard InChI is InChI=1S/C12H21N3OS/c1-15(8-10-3-6-16-7-4-10)5-2-11-9-17-12(13)14-11/h9-10H,2-8H2,1H3,(H2,13,14). The molecule has 2 rings (SSSR count). The first kappa shape index (κ1) is 12.8. The van der Waals surface area contributed by atoms with Crippen molar-refractivity contribution in [1.82, 2.24) is 9.88 Å². The molecule has 1 saturated heterocycles. The maximum absolute atomic E-state index is 5.61. The van der Waals surface area contributed by atoms with Crippen LogP contribution in [0.15, 0.2) is 5.38 Å². The van der Waals surface area contributed by atoms with Gasteiger partial charge in [0.05, 0.1) is 5.69 Å². The fourth-order valence-corrected chi connectivity index (χ4v) is 2.80. The zero-order valence-corrected chi connectivity index (χ0v) is 11.2. The Bertz CT molecular complexity index is 336. The summed E-state index contributed by atoms with van der Waals surface area (Å²) in [6, 6.07) is 0. The molecule has 2 heterocycles. The highest BCUT2D eigenvalue weighted by atomic mass is 32.1. The van der Waals surface area contributed by atoms with Crippen LogP contribution in [0, 0.1) is 5.92 Å². The maximum atomic E-state index is 5.61. The molecule has 0 radical (unpaired) electrons.